The van der Waals surface area contributed by atoms with Gasteiger partial charge < -0.3 is 15.4 Å². The first-order chi connectivity index (χ1) is 13.6. The third-order valence-electron chi connectivity index (χ3n) is 4.64. The molecule has 2 aromatic carbocycles. The van der Waals surface area contributed by atoms with E-state index >= 15 is 0 Å². The van der Waals surface area contributed by atoms with Crippen molar-refractivity contribution in [3.63, 3.8) is 0 Å². The van der Waals surface area contributed by atoms with Gasteiger partial charge in [-0.3, -0.25) is 4.40 Å². The van der Waals surface area contributed by atoms with Crippen molar-refractivity contribution < 1.29 is 9.53 Å². The van der Waals surface area contributed by atoms with Crippen LogP contribution >= 0.6 is 0 Å². The Bertz CT molecular complexity index is 1140. The topological polar surface area (TPSA) is 80.5 Å². The number of hydrogen-bond acceptors (Lipinski definition) is 4. The Hall–Kier alpha value is -3.61. The third-order valence-corrected chi connectivity index (χ3v) is 4.64. The number of carbonyl (C=O) groups excluding carboxylic acids is 1. The van der Waals surface area contributed by atoms with Crippen LogP contribution in [0.2, 0.25) is 0 Å². The van der Waals surface area contributed by atoms with Crippen LogP contribution in [0.3, 0.4) is 0 Å². The molecule has 2 aromatic heterocycles. The summed E-state index contributed by atoms with van der Waals surface area (Å²) in [5.74, 6) is 1.51. The molecule has 2 N–H and O–H groups in total. The molecule has 7 nitrogen and oxygen atoms in total. The highest BCUT2D eigenvalue weighted by Gasteiger charge is 2.15. The molecule has 0 radical (unpaired) electrons. The molecule has 4 aromatic rings. The highest BCUT2D eigenvalue weighted by Crippen LogP contribution is 2.21. The summed E-state index contributed by atoms with van der Waals surface area (Å²) in [5, 5.41) is 16.3. The van der Waals surface area contributed by atoms with Crippen molar-refractivity contribution in [1.29, 1.82) is 0 Å². The number of nitrogens with zero attached hydrogens (tertiary/aromatic N) is 3. The van der Waals surface area contributed by atoms with Crippen molar-refractivity contribution in [2.24, 2.45) is 0 Å². The summed E-state index contributed by atoms with van der Waals surface area (Å²) in [5.41, 5.74) is 1.77. The Kier molecular flexibility index (Phi) is 4.80. The number of pyridine rings is 1. The first-order valence-electron chi connectivity index (χ1n) is 9.05. The SMILES string of the molecule is COc1ccc2cc(CNC(=O)NC(C)c3nnc4ccccn34)ccc2c1. The summed E-state index contributed by atoms with van der Waals surface area (Å²) in [6, 6.07) is 17.2. The minimum Gasteiger partial charge on any atom is -0.497 e. The predicted molar refractivity (Wildman–Crippen MR) is 107 cm³/mol. The van der Waals surface area contributed by atoms with Crippen LogP contribution in [0, 0.1) is 0 Å². The van der Waals surface area contributed by atoms with Gasteiger partial charge in [-0.05, 0) is 53.6 Å². The van der Waals surface area contributed by atoms with E-state index in [0.29, 0.717) is 12.4 Å². The molecule has 2 amide bonds. The van der Waals surface area contributed by atoms with Crippen LogP contribution in [-0.2, 0) is 6.54 Å². The number of rotatable bonds is 5. The molecule has 0 saturated carbocycles. The highest BCUT2D eigenvalue weighted by molar-refractivity contribution is 5.84. The summed E-state index contributed by atoms with van der Waals surface area (Å²) in [6.07, 6.45) is 1.88. The summed E-state index contributed by atoms with van der Waals surface area (Å²) >= 11 is 0. The largest absolute Gasteiger partial charge is 0.497 e. The fourth-order valence-electron chi connectivity index (χ4n) is 3.16. The molecule has 0 aliphatic heterocycles. The van der Waals surface area contributed by atoms with Crippen molar-refractivity contribution >= 4 is 22.5 Å². The number of carbonyl (C=O) groups is 1. The quantitative estimate of drug-likeness (QED) is 0.560. The Morgan fingerprint density at radius 3 is 2.79 bits per heavy atom. The fourth-order valence-corrected chi connectivity index (χ4v) is 3.16. The lowest BCUT2D eigenvalue weighted by molar-refractivity contribution is 0.237. The molecule has 1 unspecified atom stereocenters. The Morgan fingerprint density at radius 2 is 1.93 bits per heavy atom. The minimum atomic E-state index is -0.276. The van der Waals surface area contributed by atoms with Crippen LogP contribution in [0.4, 0.5) is 4.79 Å². The van der Waals surface area contributed by atoms with Crippen molar-refractivity contribution in [2.45, 2.75) is 19.5 Å². The maximum Gasteiger partial charge on any atom is 0.315 e. The van der Waals surface area contributed by atoms with Gasteiger partial charge >= 0.3 is 6.03 Å². The Balaban J connectivity index is 1.39. The van der Waals surface area contributed by atoms with E-state index in [9.17, 15) is 4.79 Å². The average molecular weight is 375 g/mol. The fraction of sp³-hybridized carbons (Fsp3) is 0.190. The van der Waals surface area contributed by atoms with Gasteiger partial charge in [0.2, 0.25) is 0 Å². The summed E-state index contributed by atoms with van der Waals surface area (Å²) in [6.45, 7) is 2.31. The normalized spacial score (nSPS) is 12.1. The maximum atomic E-state index is 12.3. The van der Waals surface area contributed by atoms with E-state index in [1.807, 2.05) is 66.1 Å². The van der Waals surface area contributed by atoms with Gasteiger partial charge in [-0.25, -0.2) is 4.79 Å². The van der Waals surface area contributed by atoms with Crippen LogP contribution in [-0.4, -0.2) is 27.7 Å². The number of ether oxygens (including phenoxy) is 1. The molecule has 1 atom stereocenters. The van der Waals surface area contributed by atoms with Gasteiger partial charge in [0.05, 0.1) is 13.2 Å². The lowest BCUT2D eigenvalue weighted by atomic mass is 10.1. The van der Waals surface area contributed by atoms with Gasteiger partial charge in [-0.2, -0.15) is 0 Å². The highest BCUT2D eigenvalue weighted by atomic mass is 16.5. The smallest absolute Gasteiger partial charge is 0.315 e. The number of hydrogen-bond donors (Lipinski definition) is 2. The second-order valence-electron chi connectivity index (χ2n) is 6.58. The second kappa shape index (κ2) is 7.56. The summed E-state index contributed by atoms with van der Waals surface area (Å²) in [7, 11) is 1.65. The van der Waals surface area contributed by atoms with Gasteiger partial charge in [0.15, 0.2) is 11.5 Å². The molecule has 7 heteroatoms. The van der Waals surface area contributed by atoms with E-state index in [1.54, 1.807) is 7.11 Å². The van der Waals surface area contributed by atoms with E-state index in [4.69, 9.17) is 4.74 Å². The second-order valence-corrected chi connectivity index (χ2v) is 6.58. The molecule has 4 rings (SSSR count). The molecule has 0 spiro atoms. The molecule has 0 fully saturated rings. The van der Waals surface area contributed by atoms with Crippen molar-refractivity contribution in [1.82, 2.24) is 25.2 Å². The van der Waals surface area contributed by atoms with Gasteiger partial charge in [0.25, 0.3) is 0 Å². The van der Waals surface area contributed by atoms with Crippen molar-refractivity contribution in [3.8, 4) is 5.75 Å². The molecule has 0 bridgehead atoms. The van der Waals surface area contributed by atoms with Crippen LogP contribution in [0.1, 0.15) is 24.4 Å². The lowest BCUT2D eigenvalue weighted by Gasteiger charge is -2.13. The molecular formula is C21H21N5O2. The van der Waals surface area contributed by atoms with Crippen LogP contribution < -0.4 is 15.4 Å². The lowest BCUT2D eigenvalue weighted by Crippen LogP contribution is -2.37. The molecular weight excluding hydrogens is 354 g/mol. The number of methoxy groups -OCH3 is 1. The minimum absolute atomic E-state index is 0.255. The van der Waals surface area contributed by atoms with Crippen LogP contribution in [0.25, 0.3) is 16.4 Å². The molecule has 28 heavy (non-hydrogen) atoms. The predicted octanol–water partition coefficient (Wildman–Crippen LogP) is 3.45. The van der Waals surface area contributed by atoms with Gasteiger partial charge in [0, 0.05) is 12.7 Å². The molecule has 2 heterocycles. The molecule has 142 valence electrons. The number of amides is 2. The van der Waals surface area contributed by atoms with Crippen molar-refractivity contribution in [3.05, 3.63) is 72.2 Å². The van der Waals surface area contributed by atoms with Gasteiger partial charge in [-0.1, -0.05) is 24.3 Å². The van der Waals surface area contributed by atoms with E-state index in [0.717, 1.165) is 27.7 Å². The van der Waals surface area contributed by atoms with E-state index < -0.39 is 0 Å². The zero-order valence-corrected chi connectivity index (χ0v) is 15.7. The summed E-state index contributed by atoms with van der Waals surface area (Å²) < 4.78 is 7.11. The van der Waals surface area contributed by atoms with E-state index in [2.05, 4.69) is 26.9 Å². The zero-order chi connectivity index (χ0) is 19.5. The monoisotopic (exact) mass is 375 g/mol. The first-order valence-corrected chi connectivity index (χ1v) is 9.05. The molecule has 0 aliphatic carbocycles. The first kappa shape index (κ1) is 17.8. The average Bonchev–Trinajstić information content (AvgIpc) is 3.16. The van der Waals surface area contributed by atoms with E-state index in [1.165, 1.54) is 0 Å². The molecule has 0 aliphatic rings. The number of fused-ring (bicyclic) bond motifs is 2. The Labute approximate surface area is 162 Å². The third kappa shape index (κ3) is 3.59. The standard InChI is InChI=1S/C21H21N5O2/c1-14(20-25-24-19-5-3-4-10-26(19)20)23-21(27)22-13-15-6-7-17-12-18(28-2)9-8-16(17)11-15/h3-12,14H,13H2,1-2H3,(H2,22,23,27). The number of urea groups is 1. The zero-order valence-electron chi connectivity index (χ0n) is 15.7. The van der Waals surface area contributed by atoms with Crippen molar-refractivity contribution in [2.75, 3.05) is 7.11 Å². The maximum absolute atomic E-state index is 12.3. The van der Waals surface area contributed by atoms with E-state index in [-0.39, 0.29) is 12.1 Å². The van der Waals surface area contributed by atoms with Gasteiger partial charge in [0.1, 0.15) is 5.75 Å². The Morgan fingerprint density at radius 1 is 1.11 bits per heavy atom. The van der Waals surface area contributed by atoms with Gasteiger partial charge in [-0.15, -0.1) is 10.2 Å². The number of nitrogens with one attached hydrogen (secondary N) is 2. The summed E-state index contributed by atoms with van der Waals surface area (Å²) in [4.78, 5) is 12.3. The number of benzene rings is 2. The van der Waals surface area contributed by atoms with Crippen LogP contribution in [0.5, 0.6) is 5.75 Å². The van der Waals surface area contributed by atoms with Crippen LogP contribution in [0.15, 0.2) is 60.8 Å². The molecule has 0 saturated heterocycles. The number of aromatic nitrogens is 3.